The van der Waals surface area contributed by atoms with Crippen LogP contribution in [0.4, 0.5) is 17.1 Å². The number of anilines is 1. The number of hydrogen-bond acceptors (Lipinski definition) is 7. The first-order chi connectivity index (χ1) is 12.0. The molecule has 134 valence electrons. The Labute approximate surface area is 145 Å². The molecule has 0 heterocycles. The number of ether oxygens (including phenoxy) is 1. The molecule has 0 fully saturated rings. The van der Waals surface area contributed by atoms with Crippen LogP contribution in [0.2, 0.25) is 0 Å². The van der Waals surface area contributed by atoms with Crippen LogP contribution in [0.5, 0.6) is 0 Å². The van der Waals surface area contributed by atoms with Crippen LogP contribution in [-0.2, 0) is 4.74 Å². The van der Waals surface area contributed by atoms with Gasteiger partial charge in [-0.3, -0.25) is 25.7 Å². The van der Waals surface area contributed by atoms with Crippen LogP contribution in [0.25, 0.3) is 0 Å². The molecule has 0 aliphatic rings. The first-order valence-electron chi connectivity index (χ1n) is 7.61. The molecule has 1 aromatic carbocycles. The zero-order chi connectivity index (χ0) is 18.7. The minimum atomic E-state index is -0.704. The fraction of sp³-hybridized carbons (Fsp3) is 0.312. The zero-order valence-electron chi connectivity index (χ0n) is 14.0. The summed E-state index contributed by atoms with van der Waals surface area (Å²) in [5.41, 5.74) is 1.81. The minimum Gasteiger partial charge on any atom is -0.374 e. The number of benzene rings is 1. The highest BCUT2D eigenvalue weighted by atomic mass is 16.6. The van der Waals surface area contributed by atoms with Gasteiger partial charge in [-0.2, -0.15) is 5.10 Å². The molecule has 0 aliphatic heterocycles. The number of nitro groups is 2. The first kappa shape index (κ1) is 20.0. The largest absolute Gasteiger partial charge is 0.374 e. The van der Waals surface area contributed by atoms with Crippen molar-refractivity contribution in [1.82, 2.24) is 0 Å². The molecule has 0 bridgehead atoms. The number of hydrogen-bond donors (Lipinski definition) is 1. The van der Waals surface area contributed by atoms with Gasteiger partial charge in [-0.15, -0.1) is 0 Å². The van der Waals surface area contributed by atoms with Gasteiger partial charge in [-0.1, -0.05) is 18.2 Å². The number of rotatable bonds is 10. The second kappa shape index (κ2) is 10.7. The summed E-state index contributed by atoms with van der Waals surface area (Å²) in [6.45, 7) is 4.45. The van der Waals surface area contributed by atoms with E-state index in [9.17, 15) is 20.2 Å². The molecule has 0 unspecified atom stereocenters. The maximum Gasteiger partial charge on any atom is 0.301 e. The van der Waals surface area contributed by atoms with Gasteiger partial charge in [-0.25, -0.2) is 0 Å². The van der Waals surface area contributed by atoms with Gasteiger partial charge in [0.25, 0.3) is 5.69 Å². The molecule has 9 nitrogen and oxygen atoms in total. The second-order valence-corrected chi connectivity index (χ2v) is 4.79. The van der Waals surface area contributed by atoms with Crippen molar-refractivity contribution >= 4 is 23.3 Å². The summed E-state index contributed by atoms with van der Waals surface area (Å²) in [6.07, 6.45) is 9.49. The van der Waals surface area contributed by atoms with E-state index in [4.69, 9.17) is 4.74 Å². The molecular weight excluding hydrogens is 328 g/mol. The van der Waals surface area contributed by atoms with E-state index in [2.05, 4.69) is 10.5 Å². The van der Waals surface area contributed by atoms with E-state index < -0.39 is 15.5 Å². The van der Waals surface area contributed by atoms with Gasteiger partial charge in [0.1, 0.15) is 5.69 Å². The van der Waals surface area contributed by atoms with E-state index in [1.807, 2.05) is 32.1 Å². The van der Waals surface area contributed by atoms with Crippen LogP contribution in [0.1, 0.15) is 20.3 Å². The van der Waals surface area contributed by atoms with Gasteiger partial charge in [-0.05, 0) is 32.4 Å². The van der Waals surface area contributed by atoms with Crippen molar-refractivity contribution in [1.29, 1.82) is 0 Å². The monoisotopic (exact) mass is 348 g/mol. The van der Waals surface area contributed by atoms with Crippen molar-refractivity contribution in [2.75, 3.05) is 12.0 Å². The van der Waals surface area contributed by atoms with Crippen molar-refractivity contribution in [3.8, 4) is 0 Å². The number of non-ortho nitro benzene ring substituents is 1. The molecule has 9 heteroatoms. The number of hydrazone groups is 1. The van der Waals surface area contributed by atoms with Gasteiger partial charge >= 0.3 is 5.69 Å². The molecule has 1 N–H and O–H groups in total. The molecular formula is C16H20N4O5. The second-order valence-electron chi connectivity index (χ2n) is 4.79. The normalized spacial score (nSPS) is 12.9. The zero-order valence-corrected chi connectivity index (χ0v) is 14.0. The lowest BCUT2D eigenvalue weighted by Gasteiger charge is -2.09. The van der Waals surface area contributed by atoms with Gasteiger partial charge in [0.2, 0.25) is 0 Å². The van der Waals surface area contributed by atoms with Crippen molar-refractivity contribution in [3.05, 3.63) is 62.7 Å². The van der Waals surface area contributed by atoms with E-state index in [1.165, 1.54) is 18.3 Å². The standard InChI is InChI=1S/C16H20N4O5/c1-3-7-14(25-4-2)8-5-6-11-17-18-15-10-9-13(19(21)22)12-16(15)20(23)24/h3,5-7,9-12,14,18H,4,8H2,1-2H3/b6-5+,7-3+,17-11-/t14-/m0/s1. The molecule has 0 amide bonds. The summed E-state index contributed by atoms with van der Waals surface area (Å²) in [4.78, 5) is 20.3. The van der Waals surface area contributed by atoms with E-state index in [0.717, 1.165) is 6.07 Å². The summed E-state index contributed by atoms with van der Waals surface area (Å²) >= 11 is 0. The van der Waals surface area contributed by atoms with E-state index in [-0.39, 0.29) is 17.5 Å². The third kappa shape index (κ3) is 6.92. The van der Waals surface area contributed by atoms with Crippen molar-refractivity contribution in [2.45, 2.75) is 26.4 Å². The third-order valence-corrected chi connectivity index (χ3v) is 3.03. The summed E-state index contributed by atoms with van der Waals surface area (Å²) in [7, 11) is 0. The quantitative estimate of drug-likeness (QED) is 0.297. The smallest absolute Gasteiger partial charge is 0.301 e. The van der Waals surface area contributed by atoms with Crippen LogP contribution in [0.3, 0.4) is 0 Å². The van der Waals surface area contributed by atoms with E-state index in [0.29, 0.717) is 13.0 Å². The fourth-order valence-electron chi connectivity index (χ4n) is 1.93. The molecule has 0 saturated heterocycles. The maximum atomic E-state index is 11.0. The minimum absolute atomic E-state index is 0.0108. The predicted molar refractivity (Wildman–Crippen MR) is 95.9 cm³/mol. The highest BCUT2D eigenvalue weighted by Crippen LogP contribution is 2.28. The molecule has 0 spiro atoms. The van der Waals surface area contributed by atoms with Gasteiger partial charge in [0.05, 0.1) is 22.0 Å². The molecule has 0 aliphatic carbocycles. The Balaban J connectivity index is 2.68. The first-order valence-corrected chi connectivity index (χ1v) is 7.61. The SMILES string of the molecule is C/C=C/[C@@H](C/C=C/C=N\Nc1ccc([N+](=O)[O-])cc1[N+](=O)[O-])OCC. The Bertz CT molecular complexity index is 685. The lowest BCUT2D eigenvalue weighted by atomic mass is 10.2. The van der Waals surface area contributed by atoms with Gasteiger partial charge < -0.3 is 4.74 Å². The summed E-state index contributed by atoms with van der Waals surface area (Å²) in [6, 6.07) is 3.30. The van der Waals surface area contributed by atoms with Gasteiger partial charge in [0, 0.05) is 18.9 Å². The maximum absolute atomic E-state index is 11.0. The average Bonchev–Trinajstić information content (AvgIpc) is 2.58. The summed E-state index contributed by atoms with van der Waals surface area (Å²) in [5.74, 6) is 0. The van der Waals surface area contributed by atoms with Crippen molar-refractivity contribution in [2.24, 2.45) is 5.10 Å². The number of allylic oxidation sites excluding steroid dienone is 2. The Hall–Kier alpha value is -3.07. The Kier molecular flexibility index (Phi) is 8.52. The molecule has 0 radical (unpaired) electrons. The lowest BCUT2D eigenvalue weighted by Crippen LogP contribution is -2.07. The van der Waals surface area contributed by atoms with Crippen LogP contribution in [0.15, 0.2) is 47.6 Å². The van der Waals surface area contributed by atoms with Crippen LogP contribution < -0.4 is 5.43 Å². The lowest BCUT2D eigenvalue weighted by molar-refractivity contribution is -0.393. The van der Waals surface area contributed by atoms with Crippen LogP contribution in [0, 0.1) is 20.2 Å². The Morgan fingerprint density at radius 2 is 2.08 bits per heavy atom. The number of nitro benzene ring substituents is 2. The fourth-order valence-corrected chi connectivity index (χ4v) is 1.93. The molecule has 1 aromatic rings. The van der Waals surface area contributed by atoms with E-state index in [1.54, 1.807) is 6.08 Å². The third-order valence-electron chi connectivity index (χ3n) is 3.03. The van der Waals surface area contributed by atoms with Crippen LogP contribution in [-0.4, -0.2) is 28.8 Å². The molecule has 1 rings (SSSR count). The number of nitrogens with one attached hydrogen (secondary N) is 1. The molecule has 0 saturated carbocycles. The molecule has 25 heavy (non-hydrogen) atoms. The summed E-state index contributed by atoms with van der Waals surface area (Å²) < 4.78 is 5.50. The highest BCUT2D eigenvalue weighted by molar-refractivity contribution is 5.73. The topological polar surface area (TPSA) is 120 Å². The van der Waals surface area contributed by atoms with Crippen molar-refractivity contribution in [3.63, 3.8) is 0 Å². The van der Waals surface area contributed by atoms with Crippen molar-refractivity contribution < 1.29 is 14.6 Å². The Morgan fingerprint density at radius 3 is 2.68 bits per heavy atom. The molecule has 1 atom stereocenters. The van der Waals surface area contributed by atoms with E-state index >= 15 is 0 Å². The Morgan fingerprint density at radius 1 is 1.32 bits per heavy atom. The van der Waals surface area contributed by atoms with Gasteiger partial charge in [0.15, 0.2) is 0 Å². The van der Waals surface area contributed by atoms with Crippen LogP contribution >= 0.6 is 0 Å². The highest BCUT2D eigenvalue weighted by Gasteiger charge is 2.18. The number of nitrogens with zero attached hydrogens (tertiary/aromatic N) is 3. The molecule has 0 aromatic heterocycles. The predicted octanol–water partition coefficient (Wildman–Crippen LogP) is 3.83. The summed E-state index contributed by atoms with van der Waals surface area (Å²) in [5, 5.41) is 25.5. The average molecular weight is 348 g/mol.